The van der Waals surface area contributed by atoms with Gasteiger partial charge >= 0.3 is 6.36 Å². The lowest BCUT2D eigenvalue weighted by Gasteiger charge is -2.22. The third-order valence-corrected chi connectivity index (χ3v) is 9.19. The molecule has 1 fully saturated rings. The molecule has 0 amide bonds. The number of halogens is 3. The third-order valence-electron chi connectivity index (χ3n) is 5.41. The van der Waals surface area contributed by atoms with Crippen molar-refractivity contribution in [1.82, 2.24) is 8.61 Å². The fourth-order valence-corrected chi connectivity index (χ4v) is 6.62. The van der Waals surface area contributed by atoms with Gasteiger partial charge in [0.2, 0.25) is 20.0 Å². The van der Waals surface area contributed by atoms with Gasteiger partial charge in [0.25, 0.3) is 0 Å². The molecule has 1 aliphatic heterocycles. The second kappa shape index (κ2) is 10.7. The van der Waals surface area contributed by atoms with E-state index in [0.29, 0.717) is 5.75 Å². The molecule has 3 rings (SSSR count). The molecule has 0 unspecified atom stereocenters. The van der Waals surface area contributed by atoms with Crippen molar-refractivity contribution in [3.63, 3.8) is 0 Å². The Hall–Kier alpha value is -2.75. The predicted octanol–water partition coefficient (Wildman–Crippen LogP) is 2.70. The van der Waals surface area contributed by atoms with E-state index >= 15 is 0 Å². The Balaban J connectivity index is 1.84. The van der Waals surface area contributed by atoms with Crippen molar-refractivity contribution in [2.45, 2.75) is 22.6 Å². The molecular formula is C21H25F3N2O8S2. The van der Waals surface area contributed by atoms with E-state index in [2.05, 4.69) is 4.74 Å². The Morgan fingerprint density at radius 2 is 1.08 bits per heavy atom. The minimum absolute atomic E-state index is 0.0355. The number of ether oxygens (including phenoxy) is 4. The van der Waals surface area contributed by atoms with Crippen molar-refractivity contribution in [1.29, 1.82) is 0 Å². The zero-order chi connectivity index (χ0) is 26.7. The Labute approximate surface area is 207 Å². The smallest absolute Gasteiger partial charge is 0.493 e. The van der Waals surface area contributed by atoms with Crippen molar-refractivity contribution >= 4 is 20.0 Å². The van der Waals surface area contributed by atoms with Crippen molar-refractivity contribution in [2.24, 2.45) is 0 Å². The summed E-state index contributed by atoms with van der Waals surface area (Å²) >= 11 is 0. The maximum atomic E-state index is 13.2. The van der Waals surface area contributed by atoms with E-state index in [1.807, 2.05) is 0 Å². The molecular weight excluding hydrogens is 529 g/mol. The molecule has 0 saturated carbocycles. The number of rotatable bonds is 8. The van der Waals surface area contributed by atoms with Gasteiger partial charge in [-0.05, 0) is 30.7 Å². The van der Waals surface area contributed by atoms with E-state index in [1.165, 1.54) is 32.4 Å². The fourth-order valence-electron chi connectivity index (χ4n) is 3.65. The molecule has 2 aromatic carbocycles. The molecule has 1 aliphatic rings. The molecule has 0 aromatic heterocycles. The normalized spacial score (nSPS) is 16.3. The molecule has 10 nitrogen and oxygen atoms in total. The standard InChI is InChI=1S/C21H25F3N2O8S2/c1-31-17-7-5-15(13-19(17)33-3)35(27,28)25-9-4-10-26(12-11-25)36(29,30)16-6-8-18(32-2)20(14-16)34-21(22,23)24/h5-8,13-14H,4,9-12H2,1-3H3. The van der Waals surface area contributed by atoms with Crippen LogP contribution in [0.5, 0.6) is 23.0 Å². The van der Waals surface area contributed by atoms with Crippen molar-refractivity contribution < 1.29 is 49.0 Å². The van der Waals surface area contributed by atoms with Gasteiger partial charge < -0.3 is 18.9 Å². The number of alkyl halides is 3. The summed E-state index contributed by atoms with van der Waals surface area (Å²) in [5, 5.41) is 0. The first-order valence-corrected chi connectivity index (χ1v) is 13.4. The van der Waals surface area contributed by atoms with Gasteiger partial charge in [0.15, 0.2) is 23.0 Å². The Morgan fingerprint density at radius 3 is 1.50 bits per heavy atom. The summed E-state index contributed by atoms with van der Waals surface area (Å²) in [6.45, 7) is -0.385. The number of sulfonamides is 2. The van der Waals surface area contributed by atoms with Crippen LogP contribution in [-0.4, -0.2) is 79.3 Å². The minimum Gasteiger partial charge on any atom is -0.493 e. The van der Waals surface area contributed by atoms with Gasteiger partial charge in [-0.25, -0.2) is 16.8 Å². The fraction of sp³-hybridized carbons (Fsp3) is 0.429. The van der Waals surface area contributed by atoms with E-state index in [0.717, 1.165) is 33.9 Å². The molecule has 0 bridgehead atoms. The average molecular weight is 555 g/mol. The lowest BCUT2D eigenvalue weighted by Crippen LogP contribution is -2.37. The van der Waals surface area contributed by atoms with Crippen LogP contribution in [0.25, 0.3) is 0 Å². The molecule has 1 saturated heterocycles. The van der Waals surface area contributed by atoms with E-state index in [9.17, 15) is 30.0 Å². The highest BCUT2D eigenvalue weighted by Crippen LogP contribution is 2.35. The molecule has 2 aromatic rings. The molecule has 200 valence electrons. The van der Waals surface area contributed by atoms with E-state index < -0.39 is 37.1 Å². The summed E-state index contributed by atoms with van der Waals surface area (Å²) in [5.41, 5.74) is 0. The van der Waals surface area contributed by atoms with Crippen molar-refractivity contribution in [2.75, 3.05) is 47.5 Å². The number of hydrogen-bond acceptors (Lipinski definition) is 8. The first-order valence-electron chi connectivity index (χ1n) is 10.5. The molecule has 0 N–H and O–H groups in total. The van der Waals surface area contributed by atoms with E-state index in [4.69, 9.17) is 14.2 Å². The minimum atomic E-state index is -5.06. The Kier molecular flexibility index (Phi) is 8.27. The summed E-state index contributed by atoms with van der Waals surface area (Å²) in [7, 11) is -4.37. The summed E-state index contributed by atoms with van der Waals surface area (Å²) in [4.78, 5) is -0.501. The molecule has 0 radical (unpaired) electrons. The van der Waals surface area contributed by atoms with Gasteiger partial charge in [0, 0.05) is 38.3 Å². The highest BCUT2D eigenvalue weighted by atomic mass is 32.2. The van der Waals surface area contributed by atoms with Gasteiger partial charge in [-0.15, -0.1) is 13.2 Å². The number of methoxy groups -OCH3 is 3. The van der Waals surface area contributed by atoms with Gasteiger partial charge in [0.05, 0.1) is 31.1 Å². The maximum Gasteiger partial charge on any atom is 0.573 e. The quantitative estimate of drug-likeness (QED) is 0.490. The van der Waals surface area contributed by atoms with Gasteiger partial charge in [-0.2, -0.15) is 8.61 Å². The van der Waals surface area contributed by atoms with Crippen LogP contribution < -0.4 is 18.9 Å². The summed E-state index contributed by atoms with van der Waals surface area (Å²) in [6, 6.07) is 7.00. The van der Waals surface area contributed by atoms with E-state index in [1.54, 1.807) is 0 Å². The zero-order valence-corrected chi connectivity index (χ0v) is 21.2. The van der Waals surface area contributed by atoms with E-state index in [-0.39, 0.29) is 49.0 Å². The highest BCUT2D eigenvalue weighted by Gasteiger charge is 2.35. The van der Waals surface area contributed by atoms with Crippen LogP contribution in [0.2, 0.25) is 0 Å². The first kappa shape index (κ1) is 27.8. The lowest BCUT2D eigenvalue weighted by atomic mass is 10.3. The second-order valence-electron chi connectivity index (χ2n) is 7.54. The highest BCUT2D eigenvalue weighted by molar-refractivity contribution is 7.89. The van der Waals surface area contributed by atoms with Crippen LogP contribution in [-0.2, 0) is 20.0 Å². The van der Waals surface area contributed by atoms with Gasteiger partial charge in [-0.1, -0.05) is 0 Å². The Bertz CT molecular complexity index is 1300. The average Bonchev–Trinajstić information content (AvgIpc) is 3.10. The molecule has 0 aliphatic carbocycles. The topological polar surface area (TPSA) is 112 Å². The predicted molar refractivity (Wildman–Crippen MR) is 121 cm³/mol. The number of benzene rings is 2. The van der Waals surface area contributed by atoms with Crippen LogP contribution >= 0.6 is 0 Å². The summed E-state index contributed by atoms with van der Waals surface area (Å²) in [6.07, 6.45) is -4.90. The maximum absolute atomic E-state index is 13.2. The van der Waals surface area contributed by atoms with Crippen LogP contribution in [0, 0.1) is 0 Å². The van der Waals surface area contributed by atoms with Crippen LogP contribution in [0.3, 0.4) is 0 Å². The van der Waals surface area contributed by atoms with Gasteiger partial charge in [0.1, 0.15) is 0 Å². The Morgan fingerprint density at radius 1 is 0.667 bits per heavy atom. The van der Waals surface area contributed by atoms with Crippen LogP contribution in [0.4, 0.5) is 13.2 Å². The SMILES string of the molecule is COc1ccc(S(=O)(=O)N2CCCN(S(=O)(=O)c3ccc(OC)c(OC(F)(F)F)c3)CC2)cc1OC. The molecule has 36 heavy (non-hydrogen) atoms. The largest absolute Gasteiger partial charge is 0.573 e. The molecule has 1 heterocycles. The van der Waals surface area contributed by atoms with Crippen LogP contribution in [0.1, 0.15) is 6.42 Å². The monoisotopic (exact) mass is 554 g/mol. The molecule has 0 spiro atoms. The molecule has 15 heteroatoms. The molecule has 0 atom stereocenters. The van der Waals surface area contributed by atoms with Gasteiger partial charge in [-0.3, -0.25) is 0 Å². The van der Waals surface area contributed by atoms with Crippen LogP contribution in [0.15, 0.2) is 46.2 Å². The number of hydrogen-bond donors (Lipinski definition) is 0. The first-order chi connectivity index (χ1) is 16.8. The second-order valence-corrected chi connectivity index (χ2v) is 11.4. The zero-order valence-electron chi connectivity index (χ0n) is 19.6. The number of nitrogens with zero attached hydrogens (tertiary/aromatic N) is 2. The summed E-state index contributed by atoms with van der Waals surface area (Å²) < 4.78 is 112. The van der Waals surface area contributed by atoms with Crippen molar-refractivity contribution in [3.8, 4) is 23.0 Å². The van der Waals surface area contributed by atoms with Crippen molar-refractivity contribution in [3.05, 3.63) is 36.4 Å². The lowest BCUT2D eigenvalue weighted by molar-refractivity contribution is -0.275. The third kappa shape index (κ3) is 5.96. The summed E-state index contributed by atoms with van der Waals surface area (Å²) in [5.74, 6) is -0.542.